The summed E-state index contributed by atoms with van der Waals surface area (Å²) in [7, 11) is 0. The van der Waals surface area contributed by atoms with Crippen LogP contribution in [0.3, 0.4) is 0 Å². The average Bonchev–Trinajstić information content (AvgIpc) is 2.77. The smallest absolute Gasteiger partial charge is 0.0616 e. The summed E-state index contributed by atoms with van der Waals surface area (Å²) < 4.78 is 0. The fourth-order valence-electron chi connectivity index (χ4n) is 1.92. The van der Waals surface area contributed by atoms with Crippen LogP contribution in [0.4, 0.5) is 0 Å². The molecule has 4 nitrogen and oxygen atoms in total. The molecule has 0 aromatic carbocycles. The van der Waals surface area contributed by atoms with E-state index in [1.54, 1.807) is 0 Å². The van der Waals surface area contributed by atoms with Crippen molar-refractivity contribution in [2.75, 3.05) is 39.5 Å². The molecule has 2 rings (SSSR count). The summed E-state index contributed by atoms with van der Waals surface area (Å²) in [6.45, 7) is 9.07. The first-order chi connectivity index (χ1) is 5.88. The van der Waals surface area contributed by atoms with Crippen molar-refractivity contribution < 1.29 is 0 Å². The average molecular weight is 170 g/mol. The molecular formula is C8H18N4. The Balaban J connectivity index is 1.84. The summed E-state index contributed by atoms with van der Waals surface area (Å²) in [5, 5.41) is 6.71. The number of nitrogens with zero attached hydrogens (tertiary/aromatic N) is 2. The van der Waals surface area contributed by atoms with Gasteiger partial charge < -0.3 is 10.6 Å². The van der Waals surface area contributed by atoms with Gasteiger partial charge in [0, 0.05) is 39.5 Å². The van der Waals surface area contributed by atoms with Crippen molar-refractivity contribution >= 4 is 0 Å². The molecule has 2 saturated heterocycles. The van der Waals surface area contributed by atoms with Crippen LogP contribution in [0.1, 0.15) is 6.92 Å². The predicted molar refractivity (Wildman–Crippen MR) is 48.6 cm³/mol. The van der Waals surface area contributed by atoms with Crippen LogP contribution in [-0.4, -0.2) is 55.5 Å². The molecule has 0 aromatic heterocycles. The molecule has 0 spiro atoms. The quantitative estimate of drug-likeness (QED) is 0.560. The Hall–Kier alpha value is -0.160. The molecule has 4 heteroatoms. The van der Waals surface area contributed by atoms with Gasteiger partial charge in [-0.25, -0.2) is 0 Å². The first kappa shape index (κ1) is 8.44. The Morgan fingerprint density at radius 1 is 1.00 bits per heavy atom. The van der Waals surface area contributed by atoms with Crippen molar-refractivity contribution in [2.24, 2.45) is 0 Å². The summed E-state index contributed by atoms with van der Waals surface area (Å²) in [6.07, 6.45) is 0.593. The van der Waals surface area contributed by atoms with Crippen LogP contribution in [0.2, 0.25) is 0 Å². The highest BCUT2D eigenvalue weighted by Crippen LogP contribution is 2.07. The second kappa shape index (κ2) is 3.70. The summed E-state index contributed by atoms with van der Waals surface area (Å²) in [5.41, 5.74) is 0. The van der Waals surface area contributed by atoms with E-state index in [0.29, 0.717) is 6.17 Å². The Morgan fingerprint density at radius 3 is 1.83 bits per heavy atom. The third kappa shape index (κ3) is 1.61. The normalized spacial score (nSPS) is 27.5. The summed E-state index contributed by atoms with van der Waals surface area (Å²) in [6, 6.07) is 0. The van der Waals surface area contributed by atoms with E-state index in [1.165, 1.54) is 13.1 Å². The van der Waals surface area contributed by atoms with E-state index >= 15 is 0 Å². The van der Waals surface area contributed by atoms with Gasteiger partial charge in [-0.05, 0) is 6.92 Å². The van der Waals surface area contributed by atoms with E-state index in [2.05, 4.69) is 27.4 Å². The lowest BCUT2D eigenvalue weighted by Crippen LogP contribution is -2.45. The lowest BCUT2D eigenvalue weighted by molar-refractivity contribution is 0.0927. The molecule has 2 N–H and O–H groups in total. The number of nitrogens with one attached hydrogen (secondary N) is 2. The SMILES string of the molecule is CC(N1CCNC1)N1CCNC1. The molecular weight excluding hydrogens is 152 g/mol. The zero-order chi connectivity index (χ0) is 8.39. The second-order valence-electron chi connectivity index (χ2n) is 3.57. The summed E-state index contributed by atoms with van der Waals surface area (Å²) in [4.78, 5) is 4.96. The van der Waals surface area contributed by atoms with Crippen molar-refractivity contribution in [3.8, 4) is 0 Å². The molecule has 2 aliphatic heterocycles. The second-order valence-corrected chi connectivity index (χ2v) is 3.57. The molecule has 70 valence electrons. The molecule has 0 radical (unpaired) electrons. The van der Waals surface area contributed by atoms with Gasteiger partial charge in [-0.15, -0.1) is 0 Å². The number of hydrogen-bond donors (Lipinski definition) is 2. The highest BCUT2D eigenvalue weighted by atomic mass is 15.4. The zero-order valence-electron chi connectivity index (χ0n) is 7.71. The maximum atomic E-state index is 3.36. The van der Waals surface area contributed by atoms with Crippen molar-refractivity contribution in [2.45, 2.75) is 13.1 Å². The van der Waals surface area contributed by atoms with E-state index in [9.17, 15) is 0 Å². The molecule has 0 unspecified atom stereocenters. The first-order valence-corrected chi connectivity index (χ1v) is 4.77. The van der Waals surface area contributed by atoms with E-state index in [4.69, 9.17) is 0 Å². The standard InChI is InChI=1S/C8H18N4/c1-8(11-4-2-9-6-11)12-5-3-10-7-12/h8-10H,2-7H2,1H3. The third-order valence-electron chi connectivity index (χ3n) is 2.84. The van der Waals surface area contributed by atoms with Crippen LogP contribution in [0.15, 0.2) is 0 Å². The van der Waals surface area contributed by atoms with Crippen LogP contribution < -0.4 is 10.6 Å². The van der Waals surface area contributed by atoms with Gasteiger partial charge in [0.15, 0.2) is 0 Å². The molecule has 2 aliphatic rings. The molecule has 0 aromatic rings. The number of rotatable bonds is 2. The molecule has 12 heavy (non-hydrogen) atoms. The molecule has 0 bridgehead atoms. The van der Waals surface area contributed by atoms with Crippen LogP contribution in [-0.2, 0) is 0 Å². The summed E-state index contributed by atoms with van der Waals surface area (Å²) in [5.74, 6) is 0. The van der Waals surface area contributed by atoms with Gasteiger partial charge in [0.1, 0.15) is 0 Å². The van der Waals surface area contributed by atoms with Crippen molar-refractivity contribution in [1.29, 1.82) is 0 Å². The van der Waals surface area contributed by atoms with E-state index in [-0.39, 0.29) is 0 Å². The van der Waals surface area contributed by atoms with Crippen molar-refractivity contribution in [3.05, 3.63) is 0 Å². The minimum absolute atomic E-state index is 0.593. The number of hydrogen-bond acceptors (Lipinski definition) is 4. The van der Waals surface area contributed by atoms with E-state index in [0.717, 1.165) is 26.4 Å². The minimum Gasteiger partial charge on any atom is -0.303 e. The van der Waals surface area contributed by atoms with Crippen LogP contribution in [0, 0.1) is 0 Å². The molecule has 0 amide bonds. The lowest BCUT2D eigenvalue weighted by atomic mass is 10.4. The third-order valence-corrected chi connectivity index (χ3v) is 2.84. The minimum atomic E-state index is 0.593. The van der Waals surface area contributed by atoms with E-state index < -0.39 is 0 Å². The van der Waals surface area contributed by atoms with Gasteiger partial charge in [0.25, 0.3) is 0 Å². The lowest BCUT2D eigenvalue weighted by Gasteiger charge is -2.30. The highest BCUT2D eigenvalue weighted by Gasteiger charge is 2.24. The maximum absolute atomic E-state index is 3.36. The van der Waals surface area contributed by atoms with Gasteiger partial charge in [0.2, 0.25) is 0 Å². The molecule has 2 heterocycles. The van der Waals surface area contributed by atoms with Crippen molar-refractivity contribution in [3.63, 3.8) is 0 Å². The molecule has 0 aliphatic carbocycles. The largest absolute Gasteiger partial charge is 0.303 e. The highest BCUT2D eigenvalue weighted by molar-refractivity contribution is 4.76. The Labute approximate surface area is 73.9 Å². The molecule has 2 fully saturated rings. The molecule has 0 saturated carbocycles. The van der Waals surface area contributed by atoms with Crippen LogP contribution in [0.25, 0.3) is 0 Å². The Bertz CT molecular complexity index is 122. The van der Waals surface area contributed by atoms with Gasteiger partial charge >= 0.3 is 0 Å². The van der Waals surface area contributed by atoms with Gasteiger partial charge in [-0.2, -0.15) is 0 Å². The topological polar surface area (TPSA) is 30.5 Å². The Kier molecular flexibility index (Phi) is 2.60. The fraction of sp³-hybridized carbons (Fsp3) is 1.00. The fourth-order valence-corrected chi connectivity index (χ4v) is 1.92. The van der Waals surface area contributed by atoms with Gasteiger partial charge in [0.05, 0.1) is 6.17 Å². The van der Waals surface area contributed by atoms with Crippen LogP contribution >= 0.6 is 0 Å². The maximum Gasteiger partial charge on any atom is 0.0616 e. The first-order valence-electron chi connectivity index (χ1n) is 4.77. The molecule has 0 atom stereocenters. The zero-order valence-corrected chi connectivity index (χ0v) is 7.71. The van der Waals surface area contributed by atoms with Gasteiger partial charge in [-0.1, -0.05) is 0 Å². The summed E-state index contributed by atoms with van der Waals surface area (Å²) >= 11 is 0. The van der Waals surface area contributed by atoms with Crippen molar-refractivity contribution in [1.82, 2.24) is 20.4 Å². The van der Waals surface area contributed by atoms with E-state index in [1.807, 2.05) is 0 Å². The monoisotopic (exact) mass is 170 g/mol. The Morgan fingerprint density at radius 2 is 1.50 bits per heavy atom. The predicted octanol–water partition coefficient (Wildman–Crippen LogP) is -0.942. The van der Waals surface area contributed by atoms with Crippen LogP contribution in [0.5, 0.6) is 0 Å². The van der Waals surface area contributed by atoms with Gasteiger partial charge in [-0.3, -0.25) is 9.80 Å².